The summed E-state index contributed by atoms with van der Waals surface area (Å²) in [5, 5.41) is 7.60. The number of hydrogen-bond acceptors (Lipinski definition) is 5. The zero-order valence-electron chi connectivity index (χ0n) is 12.3. The number of esters is 1. The van der Waals surface area contributed by atoms with Gasteiger partial charge in [0.2, 0.25) is 0 Å². The van der Waals surface area contributed by atoms with Crippen molar-refractivity contribution in [1.29, 1.82) is 0 Å². The van der Waals surface area contributed by atoms with E-state index >= 15 is 0 Å². The van der Waals surface area contributed by atoms with E-state index in [1.54, 1.807) is 13.0 Å². The molecule has 0 aromatic heterocycles. The van der Waals surface area contributed by atoms with E-state index in [1.165, 1.54) is 0 Å². The van der Waals surface area contributed by atoms with Crippen LogP contribution in [-0.2, 0) is 14.3 Å². The Morgan fingerprint density at radius 1 is 1.47 bits per heavy atom. The van der Waals surface area contributed by atoms with Crippen LogP contribution in [0, 0.1) is 0 Å². The van der Waals surface area contributed by atoms with Crippen molar-refractivity contribution in [3.05, 3.63) is 12.7 Å². The van der Waals surface area contributed by atoms with Gasteiger partial charge in [-0.2, -0.15) is 5.11 Å². The highest BCUT2D eigenvalue weighted by molar-refractivity contribution is 5.74. The fourth-order valence-corrected chi connectivity index (χ4v) is 1.05. The highest BCUT2D eigenvalue weighted by atomic mass is 16.6. The zero-order chi connectivity index (χ0) is 14.7. The molecule has 0 aliphatic carbocycles. The van der Waals surface area contributed by atoms with E-state index < -0.39 is 11.7 Å². The molecule has 0 bridgehead atoms. The van der Waals surface area contributed by atoms with Crippen LogP contribution in [0.25, 0.3) is 0 Å². The van der Waals surface area contributed by atoms with Gasteiger partial charge in [-0.3, -0.25) is 5.43 Å². The second kappa shape index (κ2) is 9.49. The van der Waals surface area contributed by atoms with Gasteiger partial charge in [-0.15, -0.1) is 6.58 Å². The van der Waals surface area contributed by atoms with Gasteiger partial charge in [0.15, 0.2) is 6.10 Å². The number of rotatable bonds is 9. The molecular formula is C13H25N3O3. The van der Waals surface area contributed by atoms with Crippen LogP contribution >= 0.6 is 0 Å². The minimum atomic E-state index is -0.560. The Morgan fingerprint density at radius 3 is 2.74 bits per heavy atom. The minimum Gasteiger partial charge on any atom is -0.458 e. The highest BCUT2D eigenvalue weighted by Gasteiger charge is 2.21. The Bertz CT molecular complexity index is 298. The standard InChI is InChI=1S/C13H25N3O3/c1-6-8-14-16-15-9-7-10-18-11(2)12(17)19-13(3,4)5/h6,11H,1,7-10H2,2-5H3,(H,14,15)/t11-/m1/s1. The minimum absolute atomic E-state index is 0.346. The predicted molar refractivity (Wildman–Crippen MR) is 73.8 cm³/mol. The molecule has 6 heteroatoms. The quantitative estimate of drug-likeness (QED) is 0.229. The Hall–Kier alpha value is -1.43. The summed E-state index contributed by atoms with van der Waals surface area (Å²) < 4.78 is 10.6. The van der Waals surface area contributed by atoms with Gasteiger partial charge < -0.3 is 9.47 Å². The maximum atomic E-state index is 11.6. The monoisotopic (exact) mass is 271 g/mol. The first-order valence-electron chi connectivity index (χ1n) is 6.41. The van der Waals surface area contributed by atoms with Gasteiger partial charge in [-0.25, -0.2) is 4.79 Å². The summed E-state index contributed by atoms with van der Waals surface area (Å²) in [6.45, 7) is 12.3. The lowest BCUT2D eigenvalue weighted by Gasteiger charge is -2.22. The summed E-state index contributed by atoms with van der Waals surface area (Å²) in [5.41, 5.74) is 2.22. The van der Waals surface area contributed by atoms with Crippen molar-refractivity contribution >= 4 is 5.97 Å². The molecule has 0 heterocycles. The molecule has 0 saturated carbocycles. The van der Waals surface area contributed by atoms with Crippen molar-refractivity contribution in [2.45, 2.75) is 45.8 Å². The summed E-state index contributed by atoms with van der Waals surface area (Å²) in [6.07, 6.45) is 1.84. The van der Waals surface area contributed by atoms with E-state index in [9.17, 15) is 4.79 Å². The van der Waals surface area contributed by atoms with Gasteiger partial charge in [0.25, 0.3) is 0 Å². The van der Waals surface area contributed by atoms with Crippen LogP contribution in [0.1, 0.15) is 34.1 Å². The Morgan fingerprint density at radius 2 is 2.16 bits per heavy atom. The van der Waals surface area contributed by atoms with Gasteiger partial charge in [0.05, 0.1) is 13.1 Å². The van der Waals surface area contributed by atoms with Gasteiger partial charge in [0, 0.05) is 6.61 Å². The number of nitrogens with zero attached hydrogens (tertiary/aromatic N) is 2. The number of ether oxygens (including phenoxy) is 2. The fraction of sp³-hybridized carbons (Fsp3) is 0.769. The van der Waals surface area contributed by atoms with Gasteiger partial charge >= 0.3 is 5.97 Å². The molecule has 110 valence electrons. The Balaban J connectivity index is 3.63. The van der Waals surface area contributed by atoms with E-state index in [-0.39, 0.29) is 5.97 Å². The van der Waals surface area contributed by atoms with E-state index in [4.69, 9.17) is 9.47 Å². The second-order valence-corrected chi connectivity index (χ2v) is 5.02. The van der Waals surface area contributed by atoms with Crippen molar-refractivity contribution < 1.29 is 14.3 Å². The summed E-state index contributed by atoms with van der Waals surface area (Å²) in [7, 11) is 0. The van der Waals surface area contributed by atoms with E-state index in [0.29, 0.717) is 26.1 Å². The Kier molecular flexibility index (Phi) is 8.78. The summed E-state index contributed by atoms with van der Waals surface area (Å²) in [5.74, 6) is -0.346. The first kappa shape index (κ1) is 17.6. The molecule has 1 atom stereocenters. The average molecular weight is 271 g/mol. The van der Waals surface area contributed by atoms with Crippen LogP contribution in [0.2, 0.25) is 0 Å². The number of hydrogen-bond donors (Lipinski definition) is 1. The number of nitrogens with one attached hydrogen (secondary N) is 1. The van der Waals surface area contributed by atoms with Crippen molar-refractivity contribution in [1.82, 2.24) is 5.43 Å². The van der Waals surface area contributed by atoms with Crippen LogP contribution in [0.5, 0.6) is 0 Å². The molecule has 1 N–H and O–H groups in total. The SMILES string of the molecule is C=CCNN=NCCCO[C@H](C)C(=O)OC(C)(C)C. The largest absolute Gasteiger partial charge is 0.458 e. The van der Waals surface area contributed by atoms with E-state index in [2.05, 4.69) is 22.3 Å². The average Bonchev–Trinajstić information content (AvgIpc) is 2.30. The van der Waals surface area contributed by atoms with Crippen molar-refractivity contribution in [3.63, 3.8) is 0 Å². The maximum Gasteiger partial charge on any atom is 0.335 e. The molecule has 19 heavy (non-hydrogen) atoms. The summed E-state index contributed by atoms with van der Waals surface area (Å²) >= 11 is 0. The molecule has 0 unspecified atom stereocenters. The first-order valence-corrected chi connectivity index (χ1v) is 6.41. The topological polar surface area (TPSA) is 72.3 Å². The third-order valence-corrected chi connectivity index (χ3v) is 1.89. The van der Waals surface area contributed by atoms with E-state index in [1.807, 2.05) is 20.8 Å². The maximum absolute atomic E-state index is 11.6. The van der Waals surface area contributed by atoms with Crippen LogP contribution in [0.15, 0.2) is 23.0 Å². The fourth-order valence-electron chi connectivity index (χ4n) is 1.05. The molecular weight excluding hydrogens is 246 g/mol. The van der Waals surface area contributed by atoms with Gasteiger partial charge in [0.1, 0.15) is 5.60 Å². The van der Waals surface area contributed by atoms with Crippen LogP contribution in [0.4, 0.5) is 0 Å². The van der Waals surface area contributed by atoms with Crippen molar-refractivity contribution in [2.75, 3.05) is 19.7 Å². The first-order chi connectivity index (χ1) is 8.87. The van der Waals surface area contributed by atoms with Crippen molar-refractivity contribution in [2.24, 2.45) is 10.3 Å². The number of carbonyl (C=O) groups is 1. The lowest BCUT2D eigenvalue weighted by molar-refractivity contribution is -0.167. The van der Waals surface area contributed by atoms with Gasteiger partial charge in [-0.05, 0) is 34.1 Å². The van der Waals surface area contributed by atoms with E-state index in [0.717, 1.165) is 0 Å². The third-order valence-electron chi connectivity index (χ3n) is 1.89. The molecule has 0 fully saturated rings. The Labute approximate surface area is 115 Å². The molecule has 0 amide bonds. The van der Waals surface area contributed by atoms with Crippen LogP contribution < -0.4 is 5.43 Å². The number of carbonyl (C=O) groups excluding carboxylic acids is 1. The van der Waals surface area contributed by atoms with Crippen LogP contribution in [-0.4, -0.2) is 37.4 Å². The normalized spacial score (nSPS) is 13.3. The molecule has 0 rings (SSSR count). The van der Waals surface area contributed by atoms with Crippen molar-refractivity contribution in [3.8, 4) is 0 Å². The smallest absolute Gasteiger partial charge is 0.335 e. The molecule has 0 saturated heterocycles. The molecule has 0 spiro atoms. The third kappa shape index (κ3) is 11.4. The lowest BCUT2D eigenvalue weighted by Crippen LogP contribution is -2.32. The molecule has 0 aliphatic heterocycles. The summed E-state index contributed by atoms with van der Waals surface area (Å²) in [4.78, 5) is 11.6. The summed E-state index contributed by atoms with van der Waals surface area (Å²) in [6, 6.07) is 0. The molecule has 0 aromatic carbocycles. The predicted octanol–water partition coefficient (Wildman–Crippen LogP) is 2.27. The van der Waals surface area contributed by atoms with Gasteiger partial charge in [-0.1, -0.05) is 11.3 Å². The van der Waals surface area contributed by atoms with Crippen LogP contribution in [0.3, 0.4) is 0 Å². The molecule has 0 aromatic rings. The lowest BCUT2D eigenvalue weighted by atomic mass is 10.2. The molecule has 6 nitrogen and oxygen atoms in total. The second-order valence-electron chi connectivity index (χ2n) is 5.02. The zero-order valence-corrected chi connectivity index (χ0v) is 12.3. The molecule has 0 aliphatic rings. The highest BCUT2D eigenvalue weighted by Crippen LogP contribution is 2.09. The molecule has 0 radical (unpaired) electrons.